The molecule has 0 saturated heterocycles. The number of hydrogen-bond donors (Lipinski definition) is 1. The van der Waals surface area contributed by atoms with Crippen LogP contribution in [0.1, 0.15) is 0 Å². The monoisotopic (exact) mass is 340 g/mol. The van der Waals surface area contributed by atoms with Crippen LogP contribution in [0.2, 0.25) is 25.7 Å². The van der Waals surface area contributed by atoms with Crippen LogP contribution in [0, 0.1) is 0 Å². The minimum atomic E-state index is -1.08. The summed E-state index contributed by atoms with van der Waals surface area (Å²) >= 11 is 0. The van der Waals surface area contributed by atoms with Crippen LogP contribution >= 0.6 is 0 Å². The van der Waals surface area contributed by atoms with E-state index in [0.29, 0.717) is 6.73 Å². The molecule has 6 heteroatoms. The molecule has 24 heavy (non-hydrogen) atoms. The molecule has 2 aromatic heterocycles. The molecule has 126 valence electrons. The number of pyridine rings is 1. The lowest BCUT2D eigenvalue weighted by atomic mass is 10.1. The fraction of sp³-hybridized carbons (Fsp3) is 0.333. The van der Waals surface area contributed by atoms with Crippen LogP contribution in [-0.2, 0) is 11.5 Å². The Labute approximate surface area is 143 Å². The summed E-state index contributed by atoms with van der Waals surface area (Å²) in [5, 5.41) is 5.79. The van der Waals surface area contributed by atoms with Gasteiger partial charge < -0.3 is 10.5 Å². The number of nitrogen functional groups attached to an aromatic ring is 1. The zero-order chi connectivity index (χ0) is 17.2. The zero-order valence-corrected chi connectivity index (χ0v) is 15.5. The van der Waals surface area contributed by atoms with Crippen molar-refractivity contribution in [2.24, 2.45) is 0 Å². The van der Waals surface area contributed by atoms with Gasteiger partial charge in [-0.15, -0.1) is 0 Å². The Hall–Kier alpha value is -2.18. The Morgan fingerprint density at radius 2 is 1.88 bits per heavy atom. The van der Waals surface area contributed by atoms with Crippen molar-refractivity contribution in [2.75, 3.05) is 12.3 Å². The maximum Gasteiger partial charge on any atom is 0.140 e. The molecule has 0 amide bonds. The summed E-state index contributed by atoms with van der Waals surface area (Å²) in [6.07, 6.45) is 3.55. The Bertz CT molecular complexity index is 824. The largest absolute Gasteiger partial charge is 0.399 e. The molecule has 2 N–H and O–H groups in total. The van der Waals surface area contributed by atoms with E-state index in [2.05, 4.69) is 24.6 Å². The number of nitrogens with zero attached hydrogens (tertiary/aromatic N) is 3. The van der Waals surface area contributed by atoms with E-state index in [0.717, 1.165) is 40.5 Å². The minimum absolute atomic E-state index is 0.454. The molecule has 0 atom stereocenters. The van der Waals surface area contributed by atoms with Crippen LogP contribution in [-0.4, -0.2) is 29.4 Å². The van der Waals surface area contributed by atoms with Gasteiger partial charge >= 0.3 is 0 Å². The van der Waals surface area contributed by atoms with Gasteiger partial charge in [0.2, 0.25) is 0 Å². The molecule has 2 heterocycles. The van der Waals surface area contributed by atoms with E-state index in [9.17, 15) is 0 Å². The van der Waals surface area contributed by atoms with Crippen molar-refractivity contribution in [1.29, 1.82) is 0 Å². The molecule has 1 aromatic carbocycles. The summed E-state index contributed by atoms with van der Waals surface area (Å²) in [4.78, 5) is 4.08. The van der Waals surface area contributed by atoms with Crippen molar-refractivity contribution in [3.63, 3.8) is 0 Å². The smallest absolute Gasteiger partial charge is 0.140 e. The van der Waals surface area contributed by atoms with Crippen LogP contribution in [0.15, 0.2) is 42.7 Å². The van der Waals surface area contributed by atoms with Crippen LogP contribution in [0.4, 0.5) is 5.69 Å². The molecule has 3 aromatic rings. The number of rotatable bonds is 6. The van der Waals surface area contributed by atoms with Gasteiger partial charge in [0.25, 0.3) is 0 Å². The zero-order valence-electron chi connectivity index (χ0n) is 14.5. The number of anilines is 1. The molecular formula is C18H24N4OSi. The molecule has 0 unspecified atom stereocenters. The highest BCUT2D eigenvalue weighted by Gasteiger charge is 2.14. The third-order valence-electron chi connectivity index (χ3n) is 3.94. The number of benzene rings is 1. The lowest BCUT2D eigenvalue weighted by Crippen LogP contribution is -2.22. The maximum absolute atomic E-state index is 5.97. The first-order valence-electron chi connectivity index (χ1n) is 8.18. The van der Waals surface area contributed by atoms with Gasteiger partial charge in [0.1, 0.15) is 12.4 Å². The first kappa shape index (κ1) is 16.7. The lowest BCUT2D eigenvalue weighted by Gasteiger charge is -2.15. The maximum atomic E-state index is 5.97. The van der Waals surface area contributed by atoms with Gasteiger partial charge in [0.15, 0.2) is 0 Å². The molecule has 5 nitrogen and oxygen atoms in total. The highest BCUT2D eigenvalue weighted by molar-refractivity contribution is 6.76. The van der Waals surface area contributed by atoms with Crippen LogP contribution in [0.5, 0.6) is 0 Å². The van der Waals surface area contributed by atoms with Crippen molar-refractivity contribution in [3.05, 3.63) is 42.7 Å². The van der Waals surface area contributed by atoms with E-state index in [4.69, 9.17) is 15.6 Å². The first-order chi connectivity index (χ1) is 11.4. The standard InChI is InChI=1S/C18H24N4OSi/c1-24(2,3)11-10-23-13-22-17-5-4-15(19)12-16(17)18(21-22)14-6-8-20-9-7-14/h4-9,12H,10-11,13,19H2,1-3H3. The number of hydrogen-bond acceptors (Lipinski definition) is 4. The van der Waals surface area contributed by atoms with Crippen molar-refractivity contribution >= 4 is 24.7 Å². The molecule has 0 aliphatic carbocycles. The first-order valence-corrected chi connectivity index (χ1v) is 11.9. The van der Waals surface area contributed by atoms with Gasteiger partial charge in [-0.1, -0.05) is 19.6 Å². The van der Waals surface area contributed by atoms with E-state index in [1.807, 2.05) is 35.0 Å². The second-order valence-corrected chi connectivity index (χ2v) is 12.8. The molecule has 0 aliphatic heterocycles. The molecule has 0 spiro atoms. The summed E-state index contributed by atoms with van der Waals surface area (Å²) in [5.74, 6) is 0. The average molecular weight is 341 g/mol. The predicted octanol–water partition coefficient (Wildman–Crippen LogP) is 3.99. The summed E-state index contributed by atoms with van der Waals surface area (Å²) in [7, 11) is -1.08. The third kappa shape index (κ3) is 3.83. The Kier molecular flexibility index (Phi) is 4.68. The number of nitrogens with two attached hydrogens (primary N) is 1. The van der Waals surface area contributed by atoms with Crippen molar-refractivity contribution in [2.45, 2.75) is 32.4 Å². The average Bonchev–Trinajstić information content (AvgIpc) is 2.89. The van der Waals surface area contributed by atoms with Gasteiger partial charge in [-0.3, -0.25) is 4.98 Å². The topological polar surface area (TPSA) is 66.0 Å². The van der Waals surface area contributed by atoms with Gasteiger partial charge in [-0.25, -0.2) is 4.68 Å². The number of ether oxygens (including phenoxy) is 1. The van der Waals surface area contributed by atoms with E-state index in [1.54, 1.807) is 12.4 Å². The summed E-state index contributed by atoms with van der Waals surface area (Å²) < 4.78 is 7.79. The molecule has 0 aliphatic rings. The Morgan fingerprint density at radius 1 is 1.12 bits per heavy atom. The fourth-order valence-corrected chi connectivity index (χ4v) is 3.30. The van der Waals surface area contributed by atoms with Gasteiger partial charge in [-0.2, -0.15) is 5.10 Å². The molecule has 3 rings (SSSR count). The normalized spacial score (nSPS) is 12.0. The van der Waals surface area contributed by atoms with E-state index < -0.39 is 8.07 Å². The summed E-state index contributed by atoms with van der Waals surface area (Å²) in [6.45, 7) is 8.28. The van der Waals surface area contributed by atoms with E-state index >= 15 is 0 Å². The second kappa shape index (κ2) is 6.74. The molecule has 0 fully saturated rings. The lowest BCUT2D eigenvalue weighted by molar-refractivity contribution is 0.0818. The van der Waals surface area contributed by atoms with Gasteiger partial charge in [0, 0.05) is 43.7 Å². The Morgan fingerprint density at radius 3 is 2.58 bits per heavy atom. The van der Waals surface area contributed by atoms with Crippen LogP contribution < -0.4 is 5.73 Å². The molecular weight excluding hydrogens is 316 g/mol. The fourth-order valence-electron chi connectivity index (χ4n) is 2.55. The predicted molar refractivity (Wildman–Crippen MR) is 101 cm³/mol. The number of fused-ring (bicyclic) bond motifs is 1. The second-order valence-electron chi connectivity index (χ2n) is 7.21. The van der Waals surface area contributed by atoms with Gasteiger partial charge in [0.05, 0.1) is 5.52 Å². The summed E-state index contributed by atoms with van der Waals surface area (Å²) in [6, 6.07) is 10.9. The quantitative estimate of drug-likeness (QED) is 0.418. The highest BCUT2D eigenvalue weighted by Crippen LogP contribution is 2.29. The third-order valence-corrected chi connectivity index (χ3v) is 5.64. The van der Waals surface area contributed by atoms with Gasteiger partial charge in [-0.05, 0) is 36.4 Å². The minimum Gasteiger partial charge on any atom is -0.399 e. The summed E-state index contributed by atoms with van der Waals surface area (Å²) in [5.41, 5.74) is 9.68. The van der Waals surface area contributed by atoms with Crippen molar-refractivity contribution < 1.29 is 4.74 Å². The Balaban J connectivity index is 1.89. The van der Waals surface area contributed by atoms with E-state index in [-0.39, 0.29) is 0 Å². The SMILES string of the molecule is C[Si](C)(C)CCOCn1nc(-c2ccncc2)c2cc(N)ccc21. The van der Waals surface area contributed by atoms with Crippen LogP contribution in [0.25, 0.3) is 22.2 Å². The van der Waals surface area contributed by atoms with Crippen molar-refractivity contribution in [1.82, 2.24) is 14.8 Å². The molecule has 0 bridgehead atoms. The number of aromatic nitrogens is 3. The van der Waals surface area contributed by atoms with Crippen molar-refractivity contribution in [3.8, 4) is 11.3 Å². The van der Waals surface area contributed by atoms with E-state index in [1.165, 1.54) is 0 Å². The molecule has 0 saturated carbocycles. The molecule has 0 radical (unpaired) electrons. The highest BCUT2D eigenvalue weighted by atomic mass is 28.3. The van der Waals surface area contributed by atoms with Crippen LogP contribution in [0.3, 0.4) is 0 Å².